The number of rotatable bonds is 9. The lowest BCUT2D eigenvalue weighted by Gasteiger charge is -2.16. The Morgan fingerprint density at radius 3 is 2.71 bits per heavy atom. The van der Waals surface area contributed by atoms with Gasteiger partial charge in [-0.25, -0.2) is 0 Å². The molecule has 1 aliphatic rings. The number of ether oxygens (including phenoxy) is 1. The Kier molecular flexibility index (Phi) is 7.53. The van der Waals surface area contributed by atoms with Crippen LogP contribution in [0.5, 0.6) is 0 Å². The van der Waals surface area contributed by atoms with E-state index in [1.165, 1.54) is 0 Å². The minimum Gasteiger partial charge on any atom is -0.381 e. The van der Waals surface area contributed by atoms with Gasteiger partial charge in [0.05, 0.1) is 5.92 Å². The number of carbonyl (C=O) groups excluding carboxylic acids is 2. The Labute approximate surface area is 148 Å². The summed E-state index contributed by atoms with van der Waals surface area (Å²) in [6.45, 7) is 4.55. The van der Waals surface area contributed by atoms with E-state index >= 15 is 0 Å². The maximum absolute atomic E-state index is 12.2. The van der Waals surface area contributed by atoms with Crippen molar-refractivity contribution in [2.75, 3.05) is 31.2 Å². The molecule has 24 heavy (non-hydrogen) atoms. The molecule has 2 rings (SSSR count). The third-order valence-corrected chi connectivity index (χ3v) is 4.29. The second-order valence-electron chi connectivity index (χ2n) is 5.99. The van der Waals surface area contributed by atoms with Crippen LogP contribution in [0.1, 0.15) is 32.6 Å². The highest BCUT2D eigenvalue weighted by Crippen LogP contribution is 2.26. The van der Waals surface area contributed by atoms with Crippen molar-refractivity contribution in [1.82, 2.24) is 5.32 Å². The van der Waals surface area contributed by atoms with Gasteiger partial charge in [-0.15, -0.1) is 0 Å². The van der Waals surface area contributed by atoms with Gasteiger partial charge in [0.25, 0.3) is 0 Å². The Morgan fingerprint density at radius 1 is 1.29 bits per heavy atom. The first-order valence-electron chi connectivity index (χ1n) is 8.53. The first-order valence-corrected chi connectivity index (χ1v) is 8.91. The molecule has 1 aromatic carbocycles. The van der Waals surface area contributed by atoms with E-state index < -0.39 is 0 Å². The zero-order valence-corrected chi connectivity index (χ0v) is 14.8. The monoisotopic (exact) mass is 352 g/mol. The fourth-order valence-corrected chi connectivity index (χ4v) is 2.76. The minimum absolute atomic E-state index is 0.0274. The summed E-state index contributed by atoms with van der Waals surface area (Å²) in [6.07, 6.45) is 3.23. The molecule has 5 nitrogen and oxygen atoms in total. The molecule has 0 aliphatic carbocycles. The van der Waals surface area contributed by atoms with Gasteiger partial charge in [0.2, 0.25) is 11.8 Å². The Bertz CT molecular complexity index is 548. The molecule has 1 aliphatic heterocycles. The van der Waals surface area contributed by atoms with Crippen molar-refractivity contribution in [1.29, 1.82) is 0 Å². The van der Waals surface area contributed by atoms with E-state index in [4.69, 9.17) is 16.3 Å². The summed E-state index contributed by atoms with van der Waals surface area (Å²) in [7, 11) is 0. The van der Waals surface area contributed by atoms with Crippen molar-refractivity contribution in [3.8, 4) is 0 Å². The second-order valence-corrected chi connectivity index (χ2v) is 6.43. The topological polar surface area (TPSA) is 58.6 Å². The first-order chi connectivity index (χ1) is 11.6. The highest BCUT2D eigenvalue weighted by atomic mass is 35.5. The molecule has 6 heteroatoms. The lowest BCUT2D eigenvalue weighted by Crippen LogP contribution is -2.33. The molecule has 1 aromatic rings. The fourth-order valence-electron chi connectivity index (χ4n) is 2.63. The van der Waals surface area contributed by atoms with Gasteiger partial charge in [-0.05, 0) is 37.1 Å². The molecule has 0 bridgehead atoms. The van der Waals surface area contributed by atoms with Gasteiger partial charge in [0, 0.05) is 43.4 Å². The fraction of sp³-hybridized carbons (Fsp3) is 0.556. The molecule has 0 saturated carbocycles. The van der Waals surface area contributed by atoms with Crippen LogP contribution in [-0.2, 0) is 14.3 Å². The molecule has 1 fully saturated rings. The number of nitrogens with zero attached hydrogens (tertiary/aromatic N) is 1. The molecule has 1 saturated heterocycles. The van der Waals surface area contributed by atoms with E-state index in [-0.39, 0.29) is 24.2 Å². The van der Waals surface area contributed by atoms with Gasteiger partial charge >= 0.3 is 0 Å². The summed E-state index contributed by atoms with van der Waals surface area (Å²) in [6, 6.07) is 7.09. The van der Waals surface area contributed by atoms with Crippen molar-refractivity contribution in [3.63, 3.8) is 0 Å². The van der Waals surface area contributed by atoms with Gasteiger partial charge in [0.1, 0.15) is 0 Å². The van der Waals surface area contributed by atoms with Gasteiger partial charge in [-0.1, -0.05) is 24.9 Å². The normalized spacial score (nSPS) is 17.3. The molecule has 2 amide bonds. The molecule has 0 aromatic heterocycles. The van der Waals surface area contributed by atoms with Crippen LogP contribution in [0.4, 0.5) is 5.69 Å². The van der Waals surface area contributed by atoms with Crippen molar-refractivity contribution in [2.24, 2.45) is 5.92 Å². The van der Waals surface area contributed by atoms with Crippen molar-refractivity contribution in [3.05, 3.63) is 29.3 Å². The number of benzene rings is 1. The van der Waals surface area contributed by atoms with Crippen molar-refractivity contribution >= 4 is 29.1 Å². The SMILES string of the molecule is CCCCOCCCNC(=O)[C@@H]1CC(=O)N(c2ccc(Cl)cc2)C1. The number of carbonyl (C=O) groups is 2. The first kappa shape index (κ1) is 18.7. The zero-order valence-electron chi connectivity index (χ0n) is 14.1. The van der Waals surface area contributed by atoms with Crippen LogP contribution in [-0.4, -0.2) is 38.1 Å². The van der Waals surface area contributed by atoms with Gasteiger partial charge in [0.15, 0.2) is 0 Å². The number of hydrogen-bond acceptors (Lipinski definition) is 3. The maximum Gasteiger partial charge on any atom is 0.227 e. The van der Waals surface area contributed by atoms with Crippen LogP contribution in [0.3, 0.4) is 0 Å². The second kappa shape index (κ2) is 9.64. The average molecular weight is 353 g/mol. The van der Waals surface area contributed by atoms with E-state index in [1.54, 1.807) is 29.2 Å². The van der Waals surface area contributed by atoms with Crippen molar-refractivity contribution in [2.45, 2.75) is 32.6 Å². The lowest BCUT2D eigenvalue weighted by molar-refractivity contribution is -0.126. The van der Waals surface area contributed by atoms with Gasteiger partial charge in [-0.2, -0.15) is 0 Å². The highest BCUT2D eigenvalue weighted by Gasteiger charge is 2.34. The summed E-state index contributed by atoms with van der Waals surface area (Å²) in [5.74, 6) is -0.386. The standard InChI is InChI=1S/C18H25ClN2O3/c1-2-3-10-24-11-4-9-20-18(23)14-12-17(22)21(13-14)16-7-5-15(19)6-8-16/h5-8,14H,2-4,9-13H2,1H3,(H,20,23)/t14-/m1/s1. The summed E-state index contributed by atoms with van der Waals surface area (Å²) in [5, 5.41) is 3.52. The Hall–Kier alpha value is -1.59. The molecular formula is C18H25ClN2O3. The van der Waals surface area contributed by atoms with E-state index in [0.29, 0.717) is 24.7 Å². The lowest BCUT2D eigenvalue weighted by atomic mass is 10.1. The van der Waals surface area contributed by atoms with E-state index in [1.807, 2.05) is 0 Å². The van der Waals surface area contributed by atoms with E-state index in [9.17, 15) is 9.59 Å². The molecule has 0 unspecified atom stereocenters. The van der Waals surface area contributed by atoms with E-state index in [0.717, 1.165) is 31.6 Å². The average Bonchev–Trinajstić information content (AvgIpc) is 2.96. The number of hydrogen-bond donors (Lipinski definition) is 1. The predicted molar refractivity (Wildman–Crippen MR) is 95.3 cm³/mol. The van der Waals surface area contributed by atoms with Crippen LogP contribution in [0.15, 0.2) is 24.3 Å². The summed E-state index contributed by atoms with van der Waals surface area (Å²) < 4.78 is 5.46. The predicted octanol–water partition coefficient (Wildman–Crippen LogP) is 3.02. The van der Waals surface area contributed by atoms with Crippen LogP contribution in [0, 0.1) is 5.92 Å². The zero-order chi connectivity index (χ0) is 17.4. The number of halogens is 1. The molecular weight excluding hydrogens is 328 g/mol. The maximum atomic E-state index is 12.2. The summed E-state index contributed by atoms with van der Waals surface area (Å²) >= 11 is 5.87. The van der Waals surface area contributed by atoms with Crippen LogP contribution < -0.4 is 10.2 Å². The smallest absolute Gasteiger partial charge is 0.227 e. The molecule has 1 heterocycles. The molecule has 1 N–H and O–H groups in total. The third-order valence-electron chi connectivity index (χ3n) is 4.04. The Morgan fingerprint density at radius 2 is 2.00 bits per heavy atom. The number of amides is 2. The van der Waals surface area contributed by atoms with Gasteiger partial charge in [-0.3, -0.25) is 9.59 Å². The van der Waals surface area contributed by atoms with Crippen LogP contribution >= 0.6 is 11.6 Å². The van der Waals surface area contributed by atoms with E-state index in [2.05, 4.69) is 12.2 Å². The third kappa shape index (κ3) is 5.49. The number of nitrogens with one attached hydrogen (secondary N) is 1. The Balaban J connectivity index is 1.72. The number of anilines is 1. The van der Waals surface area contributed by atoms with Crippen LogP contribution in [0.25, 0.3) is 0 Å². The molecule has 0 spiro atoms. The highest BCUT2D eigenvalue weighted by molar-refractivity contribution is 6.30. The summed E-state index contributed by atoms with van der Waals surface area (Å²) in [4.78, 5) is 26.0. The molecule has 0 radical (unpaired) electrons. The minimum atomic E-state index is -0.297. The number of unbranched alkanes of at least 4 members (excludes halogenated alkanes) is 1. The molecule has 1 atom stereocenters. The largest absolute Gasteiger partial charge is 0.381 e. The molecule has 132 valence electrons. The van der Waals surface area contributed by atoms with Crippen molar-refractivity contribution < 1.29 is 14.3 Å². The van der Waals surface area contributed by atoms with Gasteiger partial charge < -0.3 is 15.0 Å². The van der Waals surface area contributed by atoms with Crippen LogP contribution in [0.2, 0.25) is 5.02 Å². The summed E-state index contributed by atoms with van der Waals surface area (Å²) in [5.41, 5.74) is 0.782. The quantitative estimate of drug-likeness (QED) is 0.695.